The van der Waals surface area contributed by atoms with E-state index >= 15 is 0 Å². The number of carbonyl (C=O) groups is 2. The molecule has 1 fully saturated rings. The molecule has 1 heterocycles. The van der Waals surface area contributed by atoms with Gasteiger partial charge in [-0.05, 0) is 6.92 Å². The summed E-state index contributed by atoms with van der Waals surface area (Å²) in [5, 5.41) is 0. The molecule has 1 aliphatic heterocycles. The molecular formula is C9H17N3O3. The van der Waals surface area contributed by atoms with Crippen LogP contribution in [0.2, 0.25) is 0 Å². The van der Waals surface area contributed by atoms with E-state index in [9.17, 15) is 9.59 Å². The van der Waals surface area contributed by atoms with E-state index in [2.05, 4.69) is 0 Å². The molecule has 86 valence electrons. The molecule has 15 heavy (non-hydrogen) atoms. The molecule has 1 saturated heterocycles. The van der Waals surface area contributed by atoms with Crippen molar-refractivity contribution in [3.8, 4) is 0 Å². The molecule has 6 heteroatoms. The molecular weight excluding hydrogens is 198 g/mol. The van der Waals surface area contributed by atoms with Crippen LogP contribution in [0.1, 0.15) is 6.92 Å². The lowest BCUT2D eigenvalue weighted by molar-refractivity contribution is -0.118. The molecule has 3 amide bonds. The Morgan fingerprint density at radius 1 is 1.40 bits per heavy atom. The number of nitrogens with zero attached hydrogens (tertiary/aromatic N) is 2. The number of primary amides is 1. The van der Waals surface area contributed by atoms with Crippen molar-refractivity contribution in [2.45, 2.75) is 6.92 Å². The maximum atomic E-state index is 11.9. The van der Waals surface area contributed by atoms with Crippen LogP contribution in [-0.4, -0.2) is 61.1 Å². The van der Waals surface area contributed by atoms with Crippen molar-refractivity contribution in [1.82, 2.24) is 9.80 Å². The van der Waals surface area contributed by atoms with Crippen LogP contribution in [0.15, 0.2) is 0 Å². The van der Waals surface area contributed by atoms with Gasteiger partial charge in [0.05, 0.1) is 13.2 Å². The van der Waals surface area contributed by atoms with E-state index in [1.807, 2.05) is 6.92 Å². The van der Waals surface area contributed by atoms with E-state index in [4.69, 9.17) is 10.5 Å². The minimum absolute atomic E-state index is 0.0211. The molecule has 0 atom stereocenters. The molecule has 0 spiro atoms. The summed E-state index contributed by atoms with van der Waals surface area (Å²) in [6.45, 7) is 4.55. The summed E-state index contributed by atoms with van der Waals surface area (Å²) >= 11 is 0. The number of likely N-dealkylation sites (N-methyl/N-ethyl adjacent to an activating group) is 1. The fraction of sp³-hybridized carbons (Fsp3) is 0.778. The zero-order chi connectivity index (χ0) is 11.3. The highest BCUT2D eigenvalue weighted by Gasteiger charge is 2.22. The van der Waals surface area contributed by atoms with Crippen molar-refractivity contribution >= 4 is 11.9 Å². The highest BCUT2D eigenvalue weighted by atomic mass is 16.5. The predicted molar refractivity (Wildman–Crippen MR) is 54.2 cm³/mol. The quantitative estimate of drug-likeness (QED) is 0.672. The topological polar surface area (TPSA) is 75.9 Å². The lowest BCUT2D eigenvalue weighted by Gasteiger charge is -2.31. The molecule has 2 N–H and O–H groups in total. The van der Waals surface area contributed by atoms with Gasteiger partial charge in [0.25, 0.3) is 0 Å². The van der Waals surface area contributed by atoms with Crippen LogP contribution in [0, 0.1) is 0 Å². The summed E-state index contributed by atoms with van der Waals surface area (Å²) in [5.41, 5.74) is 5.06. The Hall–Kier alpha value is -1.30. The number of rotatable bonds is 3. The van der Waals surface area contributed by atoms with Crippen LogP contribution in [0.4, 0.5) is 4.79 Å². The molecule has 1 rings (SSSR count). The van der Waals surface area contributed by atoms with Crippen molar-refractivity contribution in [2.75, 3.05) is 39.4 Å². The van der Waals surface area contributed by atoms with Gasteiger partial charge in [0.2, 0.25) is 5.91 Å². The van der Waals surface area contributed by atoms with Gasteiger partial charge in [-0.15, -0.1) is 0 Å². The normalized spacial score (nSPS) is 16.2. The van der Waals surface area contributed by atoms with Crippen molar-refractivity contribution in [3.05, 3.63) is 0 Å². The zero-order valence-electron chi connectivity index (χ0n) is 8.94. The second-order valence-corrected chi connectivity index (χ2v) is 3.36. The molecule has 0 aliphatic carbocycles. The van der Waals surface area contributed by atoms with Crippen molar-refractivity contribution < 1.29 is 14.3 Å². The molecule has 6 nitrogen and oxygen atoms in total. The predicted octanol–water partition coefficient (Wildman–Crippen LogP) is -0.754. The Bertz CT molecular complexity index is 239. The molecule has 0 aromatic carbocycles. The van der Waals surface area contributed by atoms with Gasteiger partial charge >= 0.3 is 6.03 Å². The van der Waals surface area contributed by atoms with Gasteiger partial charge in [0.15, 0.2) is 0 Å². The van der Waals surface area contributed by atoms with Gasteiger partial charge in [-0.2, -0.15) is 0 Å². The highest BCUT2D eigenvalue weighted by Crippen LogP contribution is 2.02. The Labute approximate surface area is 88.9 Å². The van der Waals surface area contributed by atoms with Gasteiger partial charge < -0.3 is 20.3 Å². The smallest absolute Gasteiger partial charge is 0.320 e. The minimum atomic E-state index is -0.488. The summed E-state index contributed by atoms with van der Waals surface area (Å²) in [6.07, 6.45) is 0. The van der Waals surface area contributed by atoms with E-state index in [0.717, 1.165) is 0 Å². The lowest BCUT2D eigenvalue weighted by Crippen LogP contribution is -2.50. The standard InChI is InChI=1S/C9H17N3O3/c1-2-11(7-8(10)13)9(14)12-3-5-15-6-4-12/h2-7H2,1H3,(H2,10,13). The fourth-order valence-electron chi connectivity index (χ4n) is 1.46. The van der Waals surface area contributed by atoms with Gasteiger partial charge in [-0.1, -0.05) is 0 Å². The number of ether oxygens (including phenoxy) is 1. The molecule has 0 aromatic heterocycles. The van der Waals surface area contributed by atoms with Crippen molar-refractivity contribution in [2.24, 2.45) is 5.73 Å². The lowest BCUT2D eigenvalue weighted by atomic mass is 10.4. The van der Waals surface area contributed by atoms with Crippen LogP contribution >= 0.6 is 0 Å². The second-order valence-electron chi connectivity index (χ2n) is 3.36. The third-order valence-corrected chi connectivity index (χ3v) is 2.28. The van der Waals surface area contributed by atoms with Gasteiger partial charge in [0, 0.05) is 19.6 Å². The summed E-state index contributed by atoms with van der Waals surface area (Å²) in [4.78, 5) is 25.7. The van der Waals surface area contributed by atoms with Crippen LogP contribution in [0.5, 0.6) is 0 Å². The first kappa shape index (κ1) is 11.8. The maximum absolute atomic E-state index is 11.9. The number of morpholine rings is 1. The monoisotopic (exact) mass is 215 g/mol. The van der Waals surface area contributed by atoms with Gasteiger partial charge in [-0.3, -0.25) is 4.79 Å². The van der Waals surface area contributed by atoms with E-state index < -0.39 is 5.91 Å². The average Bonchev–Trinajstić information content (AvgIpc) is 2.26. The average molecular weight is 215 g/mol. The Morgan fingerprint density at radius 2 is 2.00 bits per heavy atom. The van der Waals surface area contributed by atoms with Crippen molar-refractivity contribution in [1.29, 1.82) is 0 Å². The number of hydrogen-bond donors (Lipinski definition) is 1. The van der Waals surface area contributed by atoms with Crippen LogP contribution < -0.4 is 5.73 Å². The van der Waals surface area contributed by atoms with E-state index in [-0.39, 0.29) is 12.6 Å². The molecule has 1 aliphatic rings. The van der Waals surface area contributed by atoms with Crippen LogP contribution in [0.25, 0.3) is 0 Å². The Kier molecular flexibility index (Phi) is 4.36. The van der Waals surface area contributed by atoms with E-state index in [1.54, 1.807) is 4.90 Å². The number of nitrogens with two attached hydrogens (primary N) is 1. The first-order valence-corrected chi connectivity index (χ1v) is 5.05. The largest absolute Gasteiger partial charge is 0.378 e. The summed E-state index contributed by atoms with van der Waals surface area (Å²) in [5.74, 6) is -0.488. The third kappa shape index (κ3) is 3.39. The Morgan fingerprint density at radius 3 is 2.47 bits per heavy atom. The van der Waals surface area contributed by atoms with E-state index in [1.165, 1.54) is 4.90 Å². The molecule has 0 aromatic rings. The number of hydrogen-bond acceptors (Lipinski definition) is 3. The summed E-state index contributed by atoms with van der Waals surface area (Å²) < 4.78 is 5.14. The molecule has 0 saturated carbocycles. The molecule has 0 bridgehead atoms. The second kappa shape index (κ2) is 5.55. The summed E-state index contributed by atoms with van der Waals surface area (Å²) in [6, 6.07) is -0.139. The molecule has 0 radical (unpaired) electrons. The fourth-order valence-corrected chi connectivity index (χ4v) is 1.46. The maximum Gasteiger partial charge on any atom is 0.320 e. The van der Waals surface area contributed by atoms with Crippen molar-refractivity contribution in [3.63, 3.8) is 0 Å². The summed E-state index contributed by atoms with van der Waals surface area (Å²) in [7, 11) is 0. The highest BCUT2D eigenvalue weighted by molar-refractivity contribution is 5.83. The number of amides is 3. The molecule has 0 unspecified atom stereocenters. The number of urea groups is 1. The minimum Gasteiger partial charge on any atom is -0.378 e. The van der Waals surface area contributed by atoms with Gasteiger partial charge in [0.1, 0.15) is 6.54 Å². The first-order valence-electron chi connectivity index (χ1n) is 5.05. The zero-order valence-corrected chi connectivity index (χ0v) is 8.94. The van der Waals surface area contributed by atoms with Gasteiger partial charge in [-0.25, -0.2) is 4.79 Å². The third-order valence-electron chi connectivity index (χ3n) is 2.28. The van der Waals surface area contributed by atoms with Crippen LogP contribution in [0.3, 0.4) is 0 Å². The number of carbonyl (C=O) groups excluding carboxylic acids is 2. The first-order chi connectivity index (χ1) is 7.15. The van der Waals surface area contributed by atoms with Crippen LogP contribution in [-0.2, 0) is 9.53 Å². The SMILES string of the molecule is CCN(CC(N)=O)C(=O)N1CCOCC1. The van der Waals surface area contributed by atoms with E-state index in [0.29, 0.717) is 32.8 Å². The Balaban J connectivity index is 2.50.